The Hall–Kier alpha value is -4.96. The van der Waals surface area contributed by atoms with E-state index in [0.29, 0.717) is 44.5 Å². The third-order valence-corrected chi connectivity index (χ3v) is 7.96. The fourth-order valence-corrected chi connectivity index (χ4v) is 6.21. The van der Waals surface area contributed by atoms with E-state index in [1.807, 2.05) is 30.3 Å². The topological polar surface area (TPSA) is 111 Å². The van der Waals surface area contributed by atoms with E-state index in [4.69, 9.17) is 9.47 Å². The van der Waals surface area contributed by atoms with Gasteiger partial charge in [-0.15, -0.1) is 0 Å². The molecule has 4 aromatic rings. The lowest BCUT2D eigenvalue weighted by atomic mass is 9.94. The molecule has 0 fully saturated rings. The first-order valence-corrected chi connectivity index (χ1v) is 13.3. The number of benzene rings is 3. The molecular formula is C30H24N4O5S. The Morgan fingerprint density at radius 1 is 1.00 bits per heavy atom. The van der Waals surface area contributed by atoms with Crippen molar-refractivity contribution in [2.75, 3.05) is 24.9 Å². The third kappa shape index (κ3) is 4.09. The van der Waals surface area contributed by atoms with E-state index in [0.717, 1.165) is 11.3 Å². The first kappa shape index (κ1) is 25.3. The smallest absolute Gasteiger partial charge is 0.271 e. The zero-order valence-corrected chi connectivity index (χ0v) is 22.7. The monoisotopic (exact) mass is 552 g/mol. The minimum absolute atomic E-state index is 0.246. The molecule has 0 bridgehead atoms. The van der Waals surface area contributed by atoms with Crippen LogP contribution in [0, 0.1) is 0 Å². The molecule has 2 N–H and O–H groups in total. The van der Waals surface area contributed by atoms with Crippen molar-refractivity contribution >= 4 is 40.1 Å². The lowest BCUT2D eigenvalue weighted by molar-refractivity contribution is -0.113. The van der Waals surface area contributed by atoms with Gasteiger partial charge in [0, 0.05) is 28.6 Å². The molecule has 2 aliphatic rings. The van der Waals surface area contributed by atoms with Crippen molar-refractivity contribution in [3.05, 3.63) is 115 Å². The van der Waals surface area contributed by atoms with Crippen molar-refractivity contribution in [3.8, 4) is 11.5 Å². The number of fused-ring (bicyclic) bond motifs is 2. The fourth-order valence-electron chi connectivity index (χ4n) is 5.06. The number of rotatable bonds is 5. The highest BCUT2D eigenvalue weighted by atomic mass is 32.1. The Labute approximate surface area is 232 Å². The molecule has 10 heteroatoms. The van der Waals surface area contributed by atoms with Gasteiger partial charge in [-0.1, -0.05) is 47.7 Å². The summed E-state index contributed by atoms with van der Waals surface area (Å²) < 4.78 is 12.8. The van der Waals surface area contributed by atoms with Gasteiger partial charge < -0.3 is 20.1 Å². The zero-order chi connectivity index (χ0) is 28.0. The van der Waals surface area contributed by atoms with Crippen molar-refractivity contribution in [3.63, 3.8) is 0 Å². The van der Waals surface area contributed by atoms with Gasteiger partial charge in [0.1, 0.15) is 22.1 Å². The van der Waals surface area contributed by atoms with E-state index in [1.165, 1.54) is 11.7 Å². The first-order chi connectivity index (χ1) is 19.4. The number of thiazole rings is 1. The van der Waals surface area contributed by atoms with Crippen LogP contribution >= 0.6 is 11.3 Å². The molecule has 0 radical (unpaired) electrons. The number of carbonyl (C=O) groups excluding carboxylic acids is 2. The quantitative estimate of drug-likeness (QED) is 0.395. The second kappa shape index (κ2) is 9.97. The van der Waals surface area contributed by atoms with Crippen molar-refractivity contribution in [2.45, 2.75) is 13.0 Å². The highest BCUT2D eigenvalue weighted by Gasteiger charge is 2.36. The van der Waals surface area contributed by atoms with E-state index in [9.17, 15) is 14.4 Å². The van der Waals surface area contributed by atoms with Crippen LogP contribution in [0.15, 0.2) is 93.9 Å². The number of nitrogens with zero attached hydrogens (tertiary/aromatic N) is 2. The molecule has 0 spiro atoms. The zero-order valence-electron chi connectivity index (χ0n) is 21.8. The van der Waals surface area contributed by atoms with E-state index < -0.39 is 17.5 Å². The Balaban J connectivity index is 1.61. The summed E-state index contributed by atoms with van der Waals surface area (Å²) in [6.07, 6.45) is 0. The minimum Gasteiger partial charge on any atom is -0.497 e. The molecule has 3 aromatic carbocycles. The van der Waals surface area contributed by atoms with Crippen LogP contribution in [0.1, 0.15) is 24.1 Å². The van der Waals surface area contributed by atoms with Crippen molar-refractivity contribution in [1.82, 2.24) is 4.57 Å². The Morgan fingerprint density at radius 3 is 2.50 bits per heavy atom. The second-order valence-electron chi connectivity index (χ2n) is 9.21. The summed E-state index contributed by atoms with van der Waals surface area (Å²) in [5.41, 5.74) is 3.06. The SMILES string of the molecule is COc1ccc([C@H]2C(C(=O)Nc3ccccc3)=C(C)N=c3sc(=C4C(=O)Nc5ccccc54)c(=O)n32)c(OC)c1. The molecule has 0 unspecified atom stereocenters. The lowest BCUT2D eigenvalue weighted by Crippen LogP contribution is -2.41. The number of para-hydroxylation sites is 2. The van der Waals surface area contributed by atoms with E-state index in [1.54, 1.807) is 56.5 Å². The maximum Gasteiger partial charge on any atom is 0.271 e. The molecule has 1 atom stereocenters. The number of nitrogens with one attached hydrogen (secondary N) is 2. The second-order valence-corrected chi connectivity index (χ2v) is 10.2. The van der Waals surface area contributed by atoms with Gasteiger partial charge >= 0.3 is 0 Å². The number of hydrogen-bond donors (Lipinski definition) is 2. The van der Waals surface area contributed by atoms with Crippen molar-refractivity contribution in [1.29, 1.82) is 0 Å². The number of aromatic nitrogens is 1. The number of anilines is 2. The summed E-state index contributed by atoms with van der Waals surface area (Å²) in [4.78, 5) is 46.1. The normalized spacial score (nSPS) is 17.0. The maximum absolute atomic E-state index is 14.2. The summed E-state index contributed by atoms with van der Waals surface area (Å²) in [6.45, 7) is 1.74. The number of hydrogen-bond acceptors (Lipinski definition) is 7. The summed E-state index contributed by atoms with van der Waals surface area (Å²) in [5.74, 6) is 0.233. The molecule has 0 aliphatic carbocycles. The van der Waals surface area contributed by atoms with Gasteiger partial charge in [-0.25, -0.2) is 4.99 Å². The predicted molar refractivity (Wildman–Crippen MR) is 152 cm³/mol. The van der Waals surface area contributed by atoms with Crippen molar-refractivity contribution < 1.29 is 19.1 Å². The van der Waals surface area contributed by atoms with Gasteiger partial charge in [-0.05, 0) is 37.3 Å². The lowest BCUT2D eigenvalue weighted by Gasteiger charge is -2.26. The molecule has 0 saturated heterocycles. The molecule has 2 amide bonds. The van der Waals surface area contributed by atoms with Crippen LogP contribution in [0.5, 0.6) is 11.5 Å². The molecule has 1 aromatic heterocycles. The fraction of sp³-hybridized carbons (Fsp3) is 0.133. The Morgan fingerprint density at radius 2 is 1.75 bits per heavy atom. The summed E-state index contributed by atoms with van der Waals surface area (Å²) >= 11 is 1.12. The largest absolute Gasteiger partial charge is 0.497 e. The summed E-state index contributed by atoms with van der Waals surface area (Å²) in [5, 5.41) is 5.76. The average Bonchev–Trinajstić information content (AvgIpc) is 3.46. The van der Waals surface area contributed by atoms with E-state index in [2.05, 4.69) is 15.6 Å². The van der Waals surface area contributed by atoms with E-state index >= 15 is 0 Å². The number of allylic oxidation sites excluding steroid dienone is 1. The maximum atomic E-state index is 14.2. The highest BCUT2D eigenvalue weighted by Crippen LogP contribution is 2.38. The molecule has 9 nitrogen and oxygen atoms in total. The number of methoxy groups -OCH3 is 2. The molecule has 0 saturated carbocycles. The van der Waals surface area contributed by atoms with Gasteiger partial charge in [0.05, 0.1) is 31.1 Å². The Kier molecular flexibility index (Phi) is 6.31. The van der Waals surface area contributed by atoms with Crippen LogP contribution in [-0.2, 0) is 9.59 Å². The first-order valence-electron chi connectivity index (χ1n) is 12.5. The van der Waals surface area contributed by atoms with Crippen LogP contribution in [0.4, 0.5) is 11.4 Å². The molecule has 3 heterocycles. The van der Waals surface area contributed by atoms with Gasteiger partial charge in [0.15, 0.2) is 4.80 Å². The predicted octanol–water partition coefficient (Wildman–Crippen LogP) is 3.21. The molecule has 6 rings (SSSR count). The molecule has 40 heavy (non-hydrogen) atoms. The molecule has 2 aliphatic heterocycles. The van der Waals surface area contributed by atoms with Gasteiger partial charge in [-0.3, -0.25) is 19.0 Å². The van der Waals surface area contributed by atoms with Crippen LogP contribution in [0.2, 0.25) is 0 Å². The summed E-state index contributed by atoms with van der Waals surface area (Å²) in [7, 11) is 3.07. The number of ether oxygens (including phenoxy) is 2. The summed E-state index contributed by atoms with van der Waals surface area (Å²) in [6, 6.07) is 20.6. The van der Waals surface area contributed by atoms with Crippen LogP contribution in [0.3, 0.4) is 0 Å². The molecule has 200 valence electrons. The standard InChI is InChI=1S/C30H24N4O5S/c1-16-23(27(35)32-17-9-5-4-6-10-17)25(20-14-13-18(38-2)15-22(20)39-3)34-29(37)26(40-30(34)31-16)24-19-11-7-8-12-21(19)33-28(24)36/h4-15,25H,1-3H3,(H,32,35)(H,33,36)/t25-/m0/s1. The van der Waals surface area contributed by atoms with Gasteiger partial charge in [0.2, 0.25) is 0 Å². The number of carbonyl (C=O) groups is 2. The van der Waals surface area contributed by atoms with E-state index in [-0.39, 0.29) is 21.6 Å². The minimum atomic E-state index is -0.880. The van der Waals surface area contributed by atoms with Crippen LogP contribution in [0.25, 0.3) is 5.57 Å². The average molecular weight is 553 g/mol. The third-order valence-electron chi connectivity index (χ3n) is 6.91. The highest BCUT2D eigenvalue weighted by molar-refractivity contribution is 7.07. The van der Waals surface area contributed by atoms with Crippen molar-refractivity contribution in [2.24, 2.45) is 4.99 Å². The number of amides is 2. The molecular weight excluding hydrogens is 528 g/mol. The van der Waals surface area contributed by atoms with Crippen LogP contribution in [-0.4, -0.2) is 30.6 Å². The van der Waals surface area contributed by atoms with Gasteiger partial charge in [0.25, 0.3) is 17.4 Å². The Bertz CT molecular complexity index is 1910. The van der Waals surface area contributed by atoms with Gasteiger partial charge in [-0.2, -0.15) is 0 Å². The van der Waals surface area contributed by atoms with Crippen LogP contribution < -0.4 is 35.0 Å².